The third kappa shape index (κ3) is 4.18. The van der Waals surface area contributed by atoms with Crippen LogP contribution in [0.3, 0.4) is 0 Å². The van der Waals surface area contributed by atoms with Gasteiger partial charge in [-0.25, -0.2) is 8.78 Å². The molecule has 0 bridgehead atoms. The molecule has 4 aliphatic rings. The number of piperazine rings is 1. The quantitative estimate of drug-likeness (QED) is 0.548. The number of fused-ring (bicyclic) bond motifs is 2. The summed E-state index contributed by atoms with van der Waals surface area (Å²) in [4.78, 5) is 43.0. The minimum Gasteiger partial charge on any atom is -0.368 e. The molecule has 0 radical (unpaired) electrons. The monoisotopic (exact) mass is 547 g/mol. The van der Waals surface area contributed by atoms with Gasteiger partial charge in [-0.3, -0.25) is 19.3 Å². The highest BCUT2D eigenvalue weighted by Gasteiger charge is 2.52. The van der Waals surface area contributed by atoms with E-state index < -0.39 is 34.5 Å². The van der Waals surface area contributed by atoms with Gasteiger partial charge < -0.3 is 20.9 Å². The number of nitrogens with zero attached hydrogens (tertiary/aromatic N) is 2. The molecule has 3 heterocycles. The fourth-order valence-corrected chi connectivity index (χ4v) is 6.32. The van der Waals surface area contributed by atoms with Gasteiger partial charge in [-0.05, 0) is 74.7 Å². The molecule has 1 saturated heterocycles. The Morgan fingerprint density at radius 2 is 1.80 bits per heavy atom. The normalized spacial score (nSPS) is 25.1. The van der Waals surface area contributed by atoms with E-state index in [1.165, 1.54) is 17.0 Å². The number of nitrogens with one attached hydrogen (secondary N) is 3. The van der Waals surface area contributed by atoms with Crippen LogP contribution in [0, 0.1) is 17.0 Å². The number of benzene rings is 2. The first-order valence-corrected chi connectivity index (χ1v) is 13.3. The van der Waals surface area contributed by atoms with Crippen molar-refractivity contribution < 1.29 is 23.2 Å². The predicted molar refractivity (Wildman–Crippen MR) is 145 cm³/mol. The summed E-state index contributed by atoms with van der Waals surface area (Å²) in [5.74, 6) is -1.49. The Hall–Kier alpha value is -4.05. The average Bonchev–Trinajstić information content (AvgIpc) is 3.41. The van der Waals surface area contributed by atoms with E-state index in [2.05, 4.69) is 16.0 Å². The Bertz CT molecular complexity index is 1500. The van der Waals surface area contributed by atoms with Crippen LogP contribution in [0.1, 0.15) is 36.6 Å². The summed E-state index contributed by atoms with van der Waals surface area (Å²) in [6.07, 6.45) is 5.10. The van der Waals surface area contributed by atoms with Gasteiger partial charge in [-0.15, -0.1) is 0 Å². The minimum absolute atomic E-state index is 0.0330. The van der Waals surface area contributed by atoms with Gasteiger partial charge in [0.1, 0.15) is 24.0 Å². The van der Waals surface area contributed by atoms with Crippen molar-refractivity contribution >= 4 is 23.4 Å². The van der Waals surface area contributed by atoms with Crippen molar-refractivity contribution in [3.63, 3.8) is 0 Å². The molecule has 2 aromatic rings. The molecule has 208 valence electrons. The van der Waals surface area contributed by atoms with Crippen molar-refractivity contribution in [2.45, 2.75) is 38.3 Å². The molecule has 3 amide bonds. The van der Waals surface area contributed by atoms with E-state index in [-0.39, 0.29) is 18.4 Å². The third-order valence-corrected chi connectivity index (χ3v) is 8.76. The number of amides is 3. The molecule has 40 heavy (non-hydrogen) atoms. The Kier molecular flexibility index (Phi) is 6.06. The van der Waals surface area contributed by atoms with Crippen molar-refractivity contribution in [2.24, 2.45) is 5.41 Å². The molecule has 2 aromatic carbocycles. The minimum atomic E-state index is -0.900. The molecule has 8 nitrogen and oxygen atoms in total. The number of likely N-dealkylation sites (N-methyl/N-ethyl adjacent to an activating group) is 1. The average molecular weight is 548 g/mol. The van der Waals surface area contributed by atoms with Gasteiger partial charge in [0.25, 0.3) is 0 Å². The van der Waals surface area contributed by atoms with Crippen LogP contribution < -0.4 is 16.0 Å². The molecule has 3 aliphatic heterocycles. The number of carbonyl (C=O) groups excluding carboxylic acids is 3. The van der Waals surface area contributed by atoms with Crippen LogP contribution in [-0.2, 0) is 27.2 Å². The lowest BCUT2D eigenvalue weighted by atomic mass is 9.78. The van der Waals surface area contributed by atoms with Gasteiger partial charge in [0.05, 0.1) is 17.0 Å². The van der Waals surface area contributed by atoms with Crippen molar-refractivity contribution in [1.82, 2.24) is 20.4 Å². The van der Waals surface area contributed by atoms with Crippen LogP contribution in [0.25, 0.3) is 0 Å². The fraction of sp³-hybridized carbons (Fsp3) is 0.367. The molecule has 1 aliphatic carbocycles. The molecular formula is C30H31F2N5O3. The summed E-state index contributed by atoms with van der Waals surface area (Å²) in [5, 5.41) is 9.09. The zero-order valence-electron chi connectivity index (χ0n) is 22.6. The first-order chi connectivity index (χ1) is 19.0. The van der Waals surface area contributed by atoms with E-state index in [9.17, 15) is 23.2 Å². The van der Waals surface area contributed by atoms with Gasteiger partial charge in [0.15, 0.2) is 0 Å². The van der Waals surface area contributed by atoms with Crippen LogP contribution >= 0.6 is 0 Å². The molecule has 0 saturated carbocycles. The SMILES string of the molecule is CN1CC(c2cc(F)cc(F)c2)N(CC(=O)Nc2ccc3c(c2)CC2(C3)C(=O)NC3=C2C=CCN3)C(=O)C1(C)C. The van der Waals surface area contributed by atoms with Gasteiger partial charge >= 0.3 is 0 Å². The number of rotatable bonds is 4. The lowest BCUT2D eigenvalue weighted by Crippen LogP contribution is -2.63. The van der Waals surface area contributed by atoms with Crippen molar-refractivity contribution in [3.8, 4) is 0 Å². The van der Waals surface area contributed by atoms with Crippen molar-refractivity contribution in [2.75, 3.05) is 32.0 Å². The molecule has 3 N–H and O–H groups in total. The van der Waals surface area contributed by atoms with Crippen molar-refractivity contribution in [1.29, 1.82) is 0 Å². The van der Waals surface area contributed by atoms with E-state index in [4.69, 9.17) is 0 Å². The van der Waals surface area contributed by atoms with E-state index in [0.29, 0.717) is 37.2 Å². The molecular weight excluding hydrogens is 516 g/mol. The smallest absolute Gasteiger partial charge is 0.244 e. The topological polar surface area (TPSA) is 93.8 Å². The van der Waals surface area contributed by atoms with Gasteiger partial charge in [0, 0.05) is 30.4 Å². The molecule has 10 heteroatoms. The number of halogens is 2. The summed E-state index contributed by atoms with van der Waals surface area (Å²) in [6, 6.07) is 8.07. The van der Waals surface area contributed by atoms with Crippen LogP contribution in [-0.4, -0.2) is 59.7 Å². The maximum absolute atomic E-state index is 14.1. The first-order valence-electron chi connectivity index (χ1n) is 13.3. The first kappa shape index (κ1) is 26.2. The van der Waals surface area contributed by atoms with E-state index in [1.54, 1.807) is 27.0 Å². The fourth-order valence-electron chi connectivity index (χ4n) is 6.32. The summed E-state index contributed by atoms with van der Waals surface area (Å²) in [5.41, 5.74) is 2.26. The van der Waals surface area contributed by atoms with E-state index in [1.807, 2.05) is 29.2 Å². The Morgan fingerprint density at radius 3 is 2.55 bits per heavy atom. The zero-order chi connectivity index (χ0) is 28.4. The highest BCUT2D eigenvalue weighted by molar-refractivity contribution is 5.97. The number of hydrogen-bond donors (Lipinski definition) is 3. The van der Waals surface area contributed by atoms with Gasteiger partial charge in [-0.1, -0.05) is 18.2 Å². The summed E-state index contributed by atoms with van der Waals surface area (Å²) >= 11 is 0. The molecule has 6 rings (SSSR count). The molecule has 0 aromatic heterocycles. The summed E-state index contributed by atoms with van der Waals surface area (Å²) < 4.78 is 28.1. The zero-order valence-corrected chi connectivity index (χ0v) is 22.6. The molecule has 1 spiro atoms. The summed E-state index contributed by atoms with van der Waals surface area (Å²) in [6.45, 7) is 4.21. The van der Waals surface area contributed by atoms with Gasteiger partial charge in [-0.2, -0.15) is 0 Å². The maximum atomic E-state index is 14.1. The standard InChI is InChI=1S/C30H31F2N5O3/c1-29(2)28(40)37(24(15-36(29)3)18-9-20(31)12-21(32)10-18)16-25(38)34-22-7-6-17-13-30(14-19(17)11-22)23-5-4-8-33-26(23)35-27(30)39/h4-7,9-12,24,33H,8,13-16H2,1-3H3,(H,34,38)(H,35,39). The second kappa shape index (κ2) is 9.26. The maximum Gasteiger partial charge on any atom is 0.244 e. The predicted octanol–water partition coefficient (Wildman–Crippen LogP) is 2.78. The number of carbonyl (C=O) groups is 3. The number of dihydropyridines is 1. The second-order valence-corrected chi connectivity index (χ2v) is 11.6. The Labute approximate surface area is 231 Å². The highest BCUT2D eigenvalue weighted by Crippen LogP contribution is 2.48. The second-order valence-electron chi connectivity index (χ2n) is 11.6. The molecule has 2 atom stereocenters. The van der Waals surface area contributed by atoms with E-state index in [0.717, 1.165) is 28.6 Å². The third-order valence-electron chi connectivity index (χ3n) is 8.76. The van der Waals surface area contributed by atoms with Gasteiger partial charge in [0.2, 0.25) is 17.7 Å². The molecule has 2 unspecified atom stereocenters. The highest BCUT2D eigenvalue weighted by atomic mass is 19.1. The Morgan fingerprint density at radius 1 is 1.07 bits per heavy atom. The van der Waals surface area contributed by atoms with Crippen molar-refractivity contribution in [3.05, 3.63) is 88.3 Å². The van der Waals surface area contributed by atoms with Crippen LogP contribution in [0.2, 0.25) is 0 Å². The molecule has 1 fully saturated rings. The number of allylic oxidation sites excluding steroid dienone is 1. The van der Waals surface area contributed by atoms with E-state index >= 15 is 0 Å². The lowest BCUT2D eigenvalue weighted by molar-refractivity contribution is -0.154. The number of anilines is 1. The largest absolute Gasteiger partial charge is 0.368 e. The summed E-state index contributed by atoms with van der Waals surface area (Å²) in [7, 11) is 1.78. The lowest BCUT2D eigenvalue weighted by Gasteiger charge is -2.48. The van der Waals surface area contributed by atoms with Crippen LogP contribution in [0.4, 0.5) is 14.5 Å². The number of hydrogen-bond acceptors (Lipinski definition) is 5. The van der Waals surface area contributed by atoms with Crippen LogP contribution in [0.15, 0.2) is 59.9 Å². The van der Waals surface area contributed by atoms with Crippen LogP contribution in [0.5, 0.6) is 0 Å². The Balaban J connectivity index is 1.22.